The molecule has 0 spiro atoms. The summed E-state index contributed by atoms with van der Waals surface area (Å²) in [4.78, 5) is 7.39. The third-order valence-corrected chi connectivity index (χ3v) is 2.68. The monoisotopic (exact) mass is 253 g/mol. The summed E-state index contributed by atoms with van der Waals surface area (Å²) in [6.07, 6.45) is 1.76. The lowest BCUT2D eigenvalue weighted by Crippen LogP contribution is -2.11. The summed E-state index contributed by atoms with van der Waals surface area (Å²) >= 11 is 5.73. The molecule has 0 radical (unpaired) electrons. The Morgan fingerprint density at radius 1 is 1.47 bits per heavy atom. The van der Waals surface area contributed by atoms with Crippen LogP contribution in [-0.2, 0) is 6.54 Å². The predicted octanol–water partition coefficient (Wildman–Crippen LogP) is 2.98. The van der Waals surface area contributed by atoms with Gasteiger partial charge in [-0.15, -0.1) is 0 Å². The highest BCUT2D eigenvalue weighted by Crippen LogP contribution is 2.22. The minimum atomic E-state index is -0.421. The van der Waals surface area contributed by atoms with Crippen molar-refractivity contribution in [3.63, 3.8) is 0 Å². The standard InChI is InChI=1S/C12H13ClFN3/c1-2-15-6-9-7-16-12(17-9)8-3-4-11(14)10(13)5-8/h3-5,7,15H,2,6H2,1H3,(H,16,17). The molecule has 0 fully saturated rings. The zero-order valence-electron chi connectivity index (χ0n) is 9.43. The van der Waals surface area contributed by atoms with Crippen LogP contribution in [0.15, 0.2) is 24.4 Å². The third kappa shape index (κ3) is 2.84. The molecule has 3 nitrogen and oxygen atoms in total. The number of halogens is 2. The molecule has 1 aromatic heterocycles. The average molecular weight is 254 g/mol. The maximum atomic E-state index is 13.0. The number of aromatic amines is 1. The van der Waals surface area contributed by atoms with E-state index in [1.165, 1.54) is 6.07 Å². The van der Waals surface area contributed by atoms with Crippen LogP contribution in [0.2, 0.25) is 5.02 Å². The van der Waals surface area contributed by atoms with E-state index in [9.17, 15) is 4.39 Å². The maximum Gasteiger partial charge on any atom is 0.141 e. The molecular formula is C12H13ClFN3. The molecule has 0 amide bonds. The number of aromatic nitrogens is 2. The van der Waals surface area contributed by atoms with Crippen LogP contribution in [-0.4, -0.2) is 16.5 Å². The van der Waals surface area contributed by atoms with E-state index in [1.807, 2.05) is 6.92 Å². The summed E-state index contributed by atoms with van der Waals surface area (Å²) in [5.41, 5.74) is 1.77. The van der Waals surface area contributed by atoms with Crippen LogP contribution in [0, 0.1) is 5.82 Å². The summed E-state index contributed by atoms with van der Waals surface area (Å²) in [7, 11) is 0. The van der Waals surface area contributed by atoms with Gasteiger partial charge in [0.15, 0.2) is 0 Å². The minimum absolute atomic E-state index is 0.104. The van der Waals surface area contributed by atoms with Crippen LogP contribution in [0.4, 0.5) is 4.39 Å². The molecule has 0 unspecified atom stereocenters. The van der Waals surface area contributed by atoms with Crippen molar-refractivity contribution in [2.75, 3.05) is 6.54 Å². The maximum absolute atomic E-state index is 13.0. The number of hydrogen-bond acceptors (Lipinski definition) is 2. The first-order chi connectivity index (χ1) is 8.20. The van der Waals surface area contributed by atoms with Crippen LogP contribution in [0.3, 0.4) is 0 Å². The van der Waals surface area contributed by atoms with Crippen LogP contribution in [0.25, 0.3) is 11.4 Å². The van der Waals surface area contributed by atoms with Gasteiger partial charge in [0.25, 0.3) is 0 Å². The van der Waals surface area contributed by atoms with Gasteiger partial charge in [-0.25, -0.2) is 9.37 Å². The van der Waals surface area contributed by atoms with Crippen molar-refractivity contribution in [2.24, 2.45) is 0 Å². The Morgan fingerprint density at radius 2 is 2.29 bits per heavy atom. The number of imidazole rings is 1. The van der Waals surface area contributed by atoms with Crippen molar-refractivity contribution in [1.82, 2.24) is 15.3 Å². The Bertz CT molecular complexity index is 510. The second-order valence-electron chi connectivity index (χ2n) is 3.67. The number of nitrogens with zero attached hydrogens (tertiary/aromatic N) is 1. The summed E-state index contributed by atoms with van der Waals surface area (Å²) in [5.74, 6) is 0.273. The lowest BCUT2D eigenvalue weighted by molar-refractivity contribution is 0.628. The van der Waals surface area contributed by atoms with Crippen molar-refractivity contribution in [3.8, 4) is 11.4 Å². The molecule has 0 aliphatic carbocycles. The highest BCUT2D eigenvalue weighted by molar-refractivity contribution is 6.31. The Kier molecular flexibility index (Phi) is 3.76. The predicted molar refractivity (Wildman–Crippen MR) is 66.4 cm³/mol. The van der Waals surface area contributed by atoms with Crippen LogP contribution >= 0.6 is 11.6 Å². The fourth-order valence-corrected chi connectivity index (χ4v) is 1.68. The normalized spacial score (nSPS) is 10.8. The average Bonchev–Trinajstić information content (AvgIpc) is 2.79. The van der Waals surface area contributed by atoms with Crippen LogP contribution < -0.4 is 5.32 Å². The van der Waals surface area contributed by atoms with Gasteiger partial charge in [0.2, 0.25) is 0 Å². The first-order valence-electron chi connectivity index (χ1n) is 5.40. The van der Waals surface area contributed by atoms with Gasteiger partial charge in [-0.05, 0) is 24.7 Å². The first kappa shape index (κ1) is 12.1. The molecule has 17 heavy (non-hydrogen) atoms. The molecule has 0 bridgehead atoms. The van der Waals surface area contributed by atoms with Crippen molar-refractivity contribution in [2.45, 2.75) is 13.5 Å². The summed E-state index contributed by atoms with van der Waals surface area (Å²) in [5, 5.41) is 3.30. The van der Waals surface area contributed by atoms with E-state index in [1.54, 1.807) is 18.3 Å². The molecule has 0 saturated heterocycles. The molecule has 5 heteroatoms. The smallest absolute Gasteiger partial charge is 0.141 e. The lowest BCUT2D eigenvalue weighted by Gasteiger charge is -2.00. The zero-order chi connectivity index (χ0) is 12.3. The second-order valence-corrected chi connectivity index (χ2v) is 4.07. The summed E-state index contributed by atoms with van der Waals surface area (Å²) in [6, 6.07) is 4.55. The fourth-order valence-electron chi connectivity index (χ4n) is 1.50. The highest BCUT2D eigenvalue weighted by Gasteiger charge is 2.06. The fraction of sp³-hybridized carbons (Fsp3) is 0.250. The van der Waals surface area contributed by atoms with Crippen LogP contribution in [0.1, 0.15) is 12.6 Å². The lowest BCUT2D eigenvalue weighted by atomic mass is 10.2. The van der Waals surface area contributed by atoms with Gasteiger partial charge in [0.05, 0.1) is 5.02 Å². The van der Waals surface area contributed by atoms with Crippen molar-refractivity contribution in [1.29, 1.82) is 0 Å². The van der Waals surface area contributed by atoms with Crippen molar-refractivity contribution < 1.29 is 4.39 Å². The Morgan fingerprint density at radius 3 is 3.00 bits per heavy atom. The summed E-state index contributed by atoms with van der Waals surface area (Å²) in [6.45, 7) is 3.67. The zero-order valence-corrected chi connectivity index (χ0v) is 10.2. The number of nitrogens with one attached hydrogen (secondary N) is 2. The van der Waals surface area contributed by atoms with E-state index < -0.39 is 5.82 Å². The van der Waals surface area contributed by atoms with Gasteiger partial charge in [0, 0.05) is 24.0 Å². The van der Waals surface area contributed by atoms with E-state index in [-0.39, 0.29) is 5.02 Å². The topological polar surface area (TPSA) is 40.7 Å². The molecule has 0 atom stereocenters. The highest BCUT2D eigenvalue weighted by atomic mass is 35.5. The number of rotatable bonds is 4. The summed E-state index contributed by atoms with van der Waals surface area (Å²) < 4.78 is 13.0. The Balaban J connectivity index is 2.21. The van der Waals surface area contributed by atoms with Gasteiger partial charge >= 0.3 is 0 Å². The van der Waals surface area contributed by atoms with E-state index >= 15 is 0 Å². The minimum Gasteiger partial charge on any atom is -0.341 e. The largest absolute Gasteiger partial charge is 0.341 e. The molecule has 1 aromatic carbocycles. The molecule has 0 saturated carbocycles. The molecule has 2 rings (SSSR count). The van der Waals surface area contributed by atoms with E-state index in [0.717, 1.165) is 24.3 Å². The Labute approximate surface area is 104 Å². The SMILES string of the molecule is CCNCc1cnc(-c2ccc(F)c(Cl)c2)[nH]1. The van der Waals surface area contributed by atoms with Gasteiger partial charge in [-0.3, -0.25) is 0 Å². The number of H-pyrrole nitrogens is 1. The molecule has 0 aliphatic rings. The quantitative estimate of drug-likeness (QED) is 0.880. The molecule has 2 aromatic rings. The van der Waals surface area contributed by atoms with Crippen molar-refractivity contribution in [3.05, 3.63) is 40.9 Å². The molecule has 2 N–H and O–H groups in total. The van der Waals surface area contributed by atoms with Crippen LogP contribution in [0.5, 0.6) is 0 Å². The van der Waals surface area contributed by atoms with Gasteiger partial charge in [-0.1, -0.05) is 18.5 Å². The van der Waals surface area contributed by atoms with Gasteiger partial charge in [0.1, 0.15) is 11.6 Å². The Hall–Kier alpha value is -1.39. The van der Waals surface area contributed by atoms with E-state index in [2.05, 4.69) is 15.3 Å². The van der Waals surface area contributed by atoms with Gasteiger partial charge < -0.3 is 10.3 Å². The molecule has 1 heterocycles. The number of benzene rings is 1. The molecular weight excluding hydrogens is 241 g/mol. The molecule has 0 aliphatic heterocycles. The molecule has 90 valence electrons. The third-order valence-electron chi connectivity index (χ3n) is 2.39. The van der Waals surface area contributed by atoms with E-state index in [4.69, 9.17) is 11.6 Å². The van der Waals surface area contributed by atoms with E-state index in [0.29, 0.717) is 5.82 Å². The van der Waals surface area contributed by atoms with Crippen molar-refractivity contribution >= 4 is 11.6 Å². The second kappa shape index (κ2) is 5.29. The first-order valence-corrected chi connectivity index (χ1v) is 5.78. The van der Waals surface area contributed by atoms with Gasteiger partial charge in [-0.2, -0.15) is 0 Å². The number of hydrogen-bond donors (Lipinski definition) is 2.